The summed E-state index contributed by atoms with van der Waals surface area (Å²) in [7, 11) is -2.11. The zero-order chi connectivity index (χ0) is 13.3. The summed E-state index contributed by atoms with van der Waals surface area (Å²) < 4.78 is 25.6. The van der Waals surface area contributed by atoms with Gasteiger partial charge >= 0.3 is 0 Å². The molecule has 0 heterocycles. The normalized spacial score (nSPS) is 14.8. The molecule has 2 rings (SSSR count). The van der Waals surface area contributed by atoms with Crippen LogP contribution in [-0.4, -0.2) is 32.2 Å². The Kier molecular flexibility index (Phi) is 3.41. The summed E-state index contributed by atoms with van der Waals surface area (Å²) in [6.45, 7) is -0.0839. The van der Waals surface area contributed by atoms with E-state index in [0.717, 1.165) is 29.1 Å². The van der Waals surface area contributed by atoms with Gasteiger partial charge in [0.1, 0.15) is 5.84 Å². The van der Waals surface area contributed by atoms with Crippen LogP contribution in [0.15, 0.2) is 23.1 Å². The minimum Gasteiger partial charge on any atom is -0.387 e. The fraction of sp³-hybridized carbons (Fsp3) is 0.417. The number of nitrogens with two attached hydrogens (primary N) is 1. The number of sulfonamides is 1. The van der Waals surface area contributed by atoms with E-state index in [2.05, 4.69) is 0 Å². The van der Waals surface area contributed by atoms with Crippen molar-refractivity contribution in [2.75, 3.05) is 13.6 Å². The van der Waals surface area contributed by atoms with Gasteiger partial charge in [-0.25, -0.2) is 8.42 Å². The van der Waals surface area contributed by atoms with Crippen molar-refractivity contribution in [3.05, 3.63) is 29.3 Å². The van der Waals surface area contributed by atoms with E-state index in [1.165, 1.54) is 12.6 Å². The summed E-state index contributed by atoms with van der Waals surface area (Å²) in [6, 6.07) is 5.27. The van der Waals surface area contributed by atoms with Crippen molar-refractivity contribution < 1.29 is 8.42 Å². The third-order valence-electron chi connectivity index (χ3n) is 3.17. The molecule has 98 valence electrons. The topological polar surface area (TPSA) is 87.2 Å². The first-order valence-electron chi connectivity index (χ1n) is 5.82. The van der Waals surface area contributed by atoms with Crippen LogP contribution in [0.2, 0.25) is 0 Å². The van der Waals surface area contributed by atoms with E-state index in [9.17, 15) is 8.42 Å². The van der Waals surface area contributed by atoms with Crippen LogP contribution in [0.25, 0.3) is 0 Å². The molecule has 1 aromatic carbocycles. The van der Waals surface area contributed by atoms with Gasteiger partial charge in [-0.15, -0.1) is 0 Å². The lowest BCUT2D eigenvalue weighted by atomic mass is 10.1. The van der Waals surface area contributed by atoms with Crippen LogP contribution in [0, 0.1) is 5.41 Å². The van der Waals surface area contributed by atoms with Gasteiger partial charge in [-0.3, -0.25) is 5.41 Å². The van der Waals surface area contributed by atoms with Crippen LogP contribution in [0.1, 0.15) is 17.5 Å². The zero-order valence-electron chi connectivity index (χ0n) is 10.3. The Bertz CT molecular complexity index is 581. The maximum atomic E-state index is 12.2. The molecule has 0 bridgehead atoms. The van der Waals surface area contributed by atoms with E-state index in [1.807, 2.05) is 6.07 Å². The number of benzene rings is 1. The highest BCUT2D eigenvalue weighted by Gasteiger charge is 2.23. The average Bonchev–Trinajstić information content (AvgIpc) is 2.74. The molecule has 0 amide bonds. The Morgan fingerprint density at radius 3 is 2.72 bits per heavy atom. The molecule has 0 aliphatic heterocycles. The highest BCUT2D eigenvalue weighted by molar-refractivity contribution is 7.89. The van der Waals surface area contributed by atoms with Crippen molar-refractivity contribution in [2.24, 2.45) is 5.73 Å². The van der Waals surface area contributed by atoms with E-state index in [0.29, 0.717) is 0 Å². The largest absolute Gasteiger partial charge is 0.387 e. The number of hydrogen-bond donors (Lipinski definition) is 2. The van der Waals surface area contributed by atoms with E-state index in [-0.39, 0.29) is 17.3 Å². The van der Waals surface area contributed by atoms with Crippen LogP contribution >= 0.6 is 0 Å². The minimum atomic E-state index is -3.54. The van der Waals surface area contributed by atoms with Crippen molar-refractivity contribution in [3.63, 3.8) is 0 Å². The van der Waals surface area contributed by atoms with Crippen LogP contribution < -0.4 is 5.73 Å². The van der Waals surface area contributed by atoms with Crippen LogP contribution in [0.3, 0.4) is 0 Å². The molecule has 0 aromatic heterocycles. The van der Waals surface area contributed by atoms with Gasteiger partial charge in [0, 0.05) is 7.05 Å². The van der Waals surface area contributed by atoms with Gasteiger partial charge in [0.2, 0.25) is 10.0 Å². The highest BCUT2D eigenvalue weighted by atomic mass is 32.2. The first-order valence-corrected chi connectivity index (χ1v) is 7.26. The molecule has 3 N–H and O–H groups in total. The lowest BCUT2D eigenvalue weighted by molar-refractivity contribution is 0.504. The summed E-state index contributed by atoms with van der Waals surface area (Å²) in [5, 5.41) is 7.16. The number of fused-ring (bicyclic) bond motifs is 1. The Labute approximate surface area is 107 Å². The summed E-state index contributed by atoms with van der Waals surface area (Å²) in [5.41, 5.74) is 7.59. The number of nitrogens with zero attached hydrogens (tertiary/aromatic N) is 1. The van der Waals surface area contributed by atoms with Crippen LogP contribution in [-0.2, 0) is 22.9 Å². The van der Waals surface area contributed by atoms with Gasteiger partial charge in [0.05, 0.1) is 11.4 Å². The molecule has 0 spiro atoms. The molecular formula is C12H17N3O2S. The smallest absolute Gasteiger partial charge is 0.243 e. The van der Waals surface area contributed by atoms with Gasteiger partial charge in [-0.2, -0.15) is 4.31 Å². The Balaban J connectivity index is 2.33. The van der Waals surface area contributed by atoms with Crippen LogP contribution in [0.5, 0.6) is 0 Å². The van der Waals surface area contributed by atoms with E-state index in [4.69, 9.17) is 11.1 Å². The van der Waals surface area contributed by atoms with E-state index in [1.54, 1.807) is 12.1 Å². The van der Waals surface area contributed by atoms with Gasteiger partial charge in [-0.05, 0) is 42.5 Å². The number of likely N-dealkylation sites (N-methyl/N-ethyl adjacent to an activating group) is 1. The number of amidine groups is 1. The Hall–Kier alpha value is -1.40. The second kappa shape index (κ2) is 4.70. The van der Waals surface area contributed by atoms with Crippen molar-refractivity contribution in [3.8, 4) is 0 Å². The number of nitrogens with one attached hydrogen (secondary N) is 1. The van der Waals surface area contributed by atoms with Gasteiger partial charge in [-0.1, -0.05) is 6.07 Å². The fourth-order valence-electron chi connectivity index (χ4n) is 2.21. The highest BCUT2D eigenvalue weighted by Crippen LogP contribution is 2.25. The molecule has 1 aromatic rings. The lowest BCUT2D eigenvalue weighted by Crippen LogP contribution is -2.35. The van der Waals surface area contributed by atoms with Crippen molar-refractivity contribution in [1.82, 2.24) is 4.31 Å². The quantitative estimate of drug-likeness (QED) is 0.623. The molecule has 0 saturated carbocycles. The second-order valence-electron chi connectivity index (χ2n) is 4.57. The summed E-state index contributed by atoms with van der Waals surface area (Å²) in [5.74, 6) is -0.165. The van der Waals surface area contributed by atoms with Gasteiger partial charge in [0.15, 0.2) is 0 Å². The summed E-state index contributed by atoms with van der Waals surface area (Å²) in [4.78, 5) is 0.284. The van der Waals surface area contributed by atoms with Crippen molar-refractivity contribution in [2.45, 2.75) is 24.2 Å². The molecule has 0 unspecified atom stereocenters. The molecule has 18 heavy (non-hydrogen) atoms. The fourth-order valence-corrected chi connectivity index (χ4v) is 3.41. The lowest BCUT2D eigenvalue weighted by Gasteiger charge is -2.16. The third kappa shape index (κ3) is 2.39. The minimum absolute atomic E-state index is 0.0839. The zero-order valence-corrected chi connectivity index (χ0v) is 11.1. The average molecular weight is 267 g/mol. The predicted molar refractivity (Wildman–Crippen MR) is 70.2 cm³/mol. The molecule has 0 saturated heterocycles. The SMILES string of the molecule is CN(CC(=N)N)S(=O)(=O)c1ccc2c(c1)CCC2. The van der Waals surface area contributed by atoms with E-state index >= 15 is 0 Å². The molecule has 1 aliphatic rings. The van der Waals surface area contributed by atoms with Gasteiger partial charge in [0.25, 0.3) is 0 Å². The molecule has 6 heteroatoms. The first kappa shape index (κ1) is 13.0. The Morgan fingerprint density at radius 2 is 2.06 bits per heavy atom. The first-order chi connectivity index (χ1) is 8.41. The van der Waals surface area contributed by atoms with Crippen molar-refractivity contribution in [1.29, 1.82) is 5.41 Å². The molecule has 0 radical (unpaired) electrons. The predicted octanol–water partition coefficient (Wildman–Crippen LogP) is 0.732. The molecule has 0 fully saturated rings. The second-order valence-corrected chi connectivity index (χ2v) is 6.62. The third-order valence-corrected chi connectivity index (χ3v) is 4.97. The maximum absolute atomic E-state index is 12.2. The number of hydrogen-bond acceptors (Lipinski definition) is 3. The van der Waals surface area contributed by atoms with Crippen LogP contribution in [0.4, 0.5) is 0 Å². The van der Waals surface area contributed by atoms with E-state index < -0.39 is 10.0 Å². The summed E-state index contributed by atoms with van der Waals surface area (Å²) in [6.07, 6.45) is 3.05. The Morgan fingerprint density at radius 1 is 1.39 bits per heavy atom. The monoisotopic (exact) mass is 267 g/mol. The molecule has 0 atom stereocenters. The molecule has 1 aliphatic carbocycles. The number of rotatable bonds is 4. The maximum Gasteiger partial charge on any atom is 0.243 e. The summed E-state index contributed by atoms with van der Waals surface area (Å²) >= 11 is 0. The van der Waals surface area contributed by atoms with Crippen molar-refractivity contribution >= 4 is 15.9 Å². The molecule has 5 nitrogen and oxygen atoms in total. The molecular weight excluding hydrogens is 250 g/mol. The van der Waals surface area contributed by atoms with Gasteiger partial charge < -0.3 is 5.73 Å². The standard InChI is InChI=1S/C12H17N3O2S/c1-15(8-12(13)14)18(16,17)11-6-5-9-3-2-4-10(9)7-11/h5-7H,2-4,8H2,1H3,(H3,13,14). The number of aryl methyl sites for hydroxylation is 2.